The van der Waals surface area contributed by atoms with Crippen molar-refractivity contribution in [1.82, 2.24) is 0 Å². The fraction of sp³-hybridized carbons (Fsp3) is 0.960. The number of hydrogen-bond acceptors (Lipinski definition) is 22. The molecule has 9 aliphatic rings. The molecule has 22 nitrogen and oxygen atoms in total. The fourth-order valence-electron chi connectivity index (χ4n) is 14.8. The molecule has 5 saturated heterocycles. The highest BCUT2D eigenvalue weighted by Crippen LogP contribution is 2.70. The molecule has 5 aliphatic heterocycles. The number of rotatable bonds is 15. The van der Waals surface area contributed by atoms with Crippen LogP contribution in [0.25, 0.3) is 0 Å². The molecule has 0 amide bonds. The van der Waals surface area contributed by atoms with Crippen LogP contribution in [0.3, 0.4) is 0 Å². The Balaban J connectivity index is 0.843. The fourth-order valence-corrected chi connectivity index (χ4v) is 14.8. The van der Waals surface area contributed by atoms with E-state index in [2.05, 4.69) is 26.8 Å². The summed E-state index contributed by atoms with van der Waals surface area (Å²) in [4.78, 5) is 0. The smallest absolute Gasteiger partial charge is 0.187 e. The second kappa shape index (κ2) is 21.6. The molecule has 0 bridgehead atoms. The monoisotopic (exact) mass is 1030 g/mol. The lowest BCUT2D eigenvalue weighted by molar-refractivity contribution is -0.380. The van der Waals surface area contributed by atoms with Crippen molar-refractivity contribution in [1.29, 1.82) is 0 Å². The molecular formula is C50H82O22. The molecule has 3 saturated carbocycles. The summed E-state index contributed by atoms with van der Waals surface area (Å²) in [5.41, 5.74) is 1.07. The Labute approximate surface area is 419 Å². The SMILES string of the molecule is C[C@@H](CC[C@@]1(O)O[C@H]2C[C@H]3[C@@H]4CC=C5C[C@@H](O[C@@H]6O[C@H](CO)[C@@H](O[C@@H]7O[C@@H](CO)[C@H](O)[C@H]7O)[C@H](O)[C@H]6O[C@@H]6O[C@@H](C)[C@H](O)[C@@H](O)[C@H]6O)CC[C@]5(C)[C@H]4CC[C@]3(C)C2[C@@H]1C)CO[C@@H]1O[C@H](CO)[C@@H](O)[C@H](O)[C@H]1O. The molecule has 8 fully saturated rings. The minimum atomic E-state index is -1.74. The van der Waals surface area contributed by atoms with Crippen LogP contribution in [0.2, 0.25) is 0 Å². The van der Waals surface area contributed by atoms with Crippen molar-refractivity contribution < 1.29 is 109 Å². The van der Waals surface area contributed by atoms with Crippen LogP contribution in [0.15, 0.2) is 11.6 Å². The van der Waals surface area contributed by atoms with Crippen LogP contribution in [0.1, 0.15) is 92.4 Å². The molecule has 0 spiro atoms. The zero-order valence-electron chi connectivity index (χ0n) is 41.8. The van der Waals surface area contributed by atoms with Gasteiger partial charge in [0, 0.05) is 12.3 Å². The van der Waals surface area contributed by atoms with Crippen LogP contribution < -0.4 is 0 Å². The maximum atomic E-state index is 12.1. The van der Waals surface area contributed by atoms with E-state index in [1.54, 1.807) is 0 Å². The van der Waals surface area contributed by atoms with E-state index in [1.165, 1.54) is 12.5 Å². The Morgan fingerprint density at radius 2 is 1.25 bits per heavy atom. The molecule has 5 heterocycles. The second-order valence-corrected chi connectivity index (χ2v) is 23.3. The van der Waals surface area contributed by atoms with E-state index >= 15 is 0 Å². The first-order valence-electron chi connectivity index (χ1n) is 26.3. The van der Waals surface area contributed by atoms with Crippen LogP contribution in [0, 0.1) is 46.3 Å². The molecule has 0 aromatic carbocycles. The normalized spacial score (nSPS) is 54.9. The molecule has 4 aliphatic carbocycles. The van der Waals surface area contributed by atoms with Crippen molar-refractivity contribution in [3.05, 3.63) is 11.6 Å². The maximum Gasteiger partial charge on any atom is 0.187 e. The Hall–Kier alpha value is -1.14. The molecular weight excluding hydrogens is 953 g/mol. The number of aliphatic hydroxyl groups excluding tert-OH is 12. The number of ether oxygens (including phenoxy) is 9. The summed E-state index contributed by atoms with van der Waals surface area (Å²) >= 11 is 0. The van der Waals surface area contributed by atoms with Crippen molar-refractivity contribution >= 4 is 0 Å². The highest BCUT2D eigenvalue weighted by molar-refractivity contribution is 5.26. The number of fused-ring (bicyclic) bond motifs is 7. The highest BCUT2D eigenvalue weighted by atomic mass is 16.8. The Morgan fingerprint density at radius 1 is 0.653 bits per heavy atom. The van der Waals surface area contributed by atoms with Gasteiger partial charge in [-0.1, -0.05) is 39.3 Å². The Kier molecular flexibility index (Phi) is 16.7. The van der Waals surface area contributed by atoms with Gasteiger partial charge in [-0.15, -0.1) is 0 Å². The number of hydrogen-bond donors (Lipinski definition) is 13. The van der Waals surface area contributed by atoms with Crippen LogP contribution in [-0.4, -0.2) is 228 Å². The van der Waals surface area contributed by atoms with Crippen LogP contribution in [-0.2, 0) is 42.6 Å². The van der Waals surface area contributed by atoms with Gasteiger partial charge in [0.2, 0.25) is 0 Å². The van der Waals surface area contributed by atoms with Gasteiger partial charge in [0.25, 0.3) is 0 Å². The number of allylic oxidation sites excluding steroid dienone is 1. The lowest BCUT2D eigenvalue weighted by atomic mass is 9.47. The second-order valence-electron chi connectivity index (χ2n) is 23.3. The quantitative estimate of drug-likeness (QED) is 0.0763. The van der Waals surface area contributed by atoms with Gasteiger partial charge in [0.1, 0.15) is 85.5 Å². The van der Waals surface area contributed by atoms with Gasteiger partial charge in [-0.25, -0.2) is 0 Å². The van der Waals surface area contributed by atoms with E-state index in [-0.39, 0.29) is 41.3 Å². The van der Waals surface area contributed by atoms with E-state index in [4.69, 9.17) is 42.6 Å². The van der Waals surface area contributed by atoms with E-state index in [0.29, 0.717) is 43.4 Å². The molecule has 0 aromatic heterocycles. The van der Waals surface area contributed by atoms with Crippen LogP contribution in [0.5, 0.6) is 0 Å². The number of aliphatic hydroxyl groups is 13. The molecule has 1 unspecified atom stereocenters. The topological polar surface area (TPSA) is 346 Å². The molecule has 13 N–H and O–H groups in total. The third-order valence-electron chi connectivity index (χ3n) is 19.2. The summed E-state index contributed by atoms with van der Waals surface area (Å²) < 4.78 is 54.3. The maximum absolute atomic E-state index is 12.1. The average molecular weight is 1040 g/mol. The third-order valence-corrected chi connectivity index (χ3v) is 19.2. The summed E-state index contributed by atoms with van der Waals surface area (Å²) in [6, 6.07) is 0. The van der Waals surface area contributed by atoms with Crippen LogP contribution in [0.4, 0.5) is 0 Å². The van der Waals surface area contributed by atoms with Crippen molar-refractivity contribution in [2.75, 3.05) is 26.4 Å². The molecule has 0 aromatic rings. The van der Waals surface area contributed by atoms with E-state index in [9.17, 15) is 66.4 Å². The van der Waals surface area contributed by atoms with Gasteiger partial charge in [0.05, 0.1) is 44.7 Å². The molecule has 30 atom stereocenters. The van der Waals surface area contributed by atoms with Gasteiger partial charge in [-0.3, -0.25) is 0 Å². The lowest BCUT2D eigenvalue weighted by Gasteiger charge is -2.58. The predicted octanol–water partition coefficient (Wildman–Crippen LogP) is -2.37. The molecule has 414 valence electrons. The zero-order valence-corrected chi connectivity index (χ0v) is 41.8. The van der Waals surface area contributed by atoms with Gasteiger partial charge in [-0.2, -0.15) is 0 Å². The summed E-state index contributed by atoms with van der Waals surface area (Å²) in [6.07, 6.45) is -18.8. The zero-order chi connectivity index (χ0) is 51.9. The van der Waals surface area contributed by atoms with Crippen molar-refractivity contribution in [2.24, 2.45) is 46.3 Å². The minimum Gasteiger partial charge on any atom is -0.394 e. The van der Waals surface area contributed by atoms with Crippen LogP contribution >= 0.6 is 0 Å². The molecule has 72 heavy (non-hydrogen) atoms. The Morgan fingerprint density at radius 3 is 1.94 bits per heavy atom. The van der Waals surface area contributed by atoms with E-state index in [1.807, 2.05) is 6.92 Å². The van der Waals surface area contributed by atoms with Gasteiger partial charge < -0.3 is 109 Å². The highest BCUT2D eigenvalue weighted by Gasteiger charge is 2.68. The molecule has 9 rings (SSSR count). The third kappa shape index (κ3) is 9.80. The predicted molar refractivity (Wildman–Crippen MR) is 244 cm³/mol. The Bertz CT molecular complexity index is 1860. The minimum absolute atomic E-state index is 0.0571. The standard InChI is InChI=1S/C50H82O22/c1-20(19-64-44-39(60)37(58)34(55)29(16-51)67-44)8-13-50(63)21(2)32-28(72-50)15-27-25-7-6-23-14-24(9-11-48(23,4)26(25)10-12-49(27,32)5)66-47-43(71-45-40(61)36(57)33(54)22(3)65-45)41(62)42(31(18-53)69-47)70-46-38(59)35(56)30(17-52)68-46/h6,20-22,24-47,51-63H,7-19H2,1-5H3/t20-,21-,22-,24-,25+,26-,27-,28-,29+,30-,31+,32?,33-,34+,35-,36+,37-,38+,39+,40+,41-,42+,43+,44+,45-,46-,47+,48-,49-,50+/m0/s1. The van der Waals surface area contributed by atoms with Gasteiger partial charge >= 0.3 is 0 Å². The summed E-state index contributed by atoms with van der Waals surface area (Å²) in [5, 5.41) is 138. The summed E-state index contributed by atoms with van der Waals surface area (Å²) in [7, 11) is 0. The molecule has 0 radical (unpaired) electrons. The molecule has 22 heteroatoms. The van der Waals surface area contributed by atoms with E-state index in [0.717, 1.165) is 32.1 Å². The van der Waals surface area contributed by atoms with Crippen molar-refractivity contribution in [3.63, 3.8) is 0 Å². The first kappa shape index (κ1) is 55.6. The lowest BCUT2D eigenvalue weighted by Crippen LogP contribution is -2.65. The van der Waals surface area contributed by atoms with Gasteiger partial charge in [0.15, 0.2) is 30.9 Å². The first-order valence-corrected chi connectivity index (χ1v) is 26.3. The van der Waals surface area contributed by atoms with Crippen molar-refractivity contribution in [3.8, 4) is 0 Å². The van der Waals surface area contributed by atoms with Gasteiger partial charge in [-0.05, 0) is 98.7 Å². The van der Waals surface area contributed by atoms with E-state index < -0.39 is 148 Å². The first-order chi connectivity index (χ1) is 34.1. The average Bonchev–Trinajstić information content (AvgIpc) is 3.91. The summed E-state index contributed by atoms with van der Waals surface area (Å²) in [6.45, 7) is 8.58. The largest absolute Gasteiger partial charge is 0.394 e. The van der Waals surface area contributed by atoms with Crippen molar-refractivity contribution in [2.45, 2.75) is 227 Å². The summed E-state index contributed by atoms with van der Waals surface area (Å²) in [5.74, 6) is -0.222.